The zero-order valence-electron chi connectivity index (χ0n) is 28.7. The first kappa shape index (κ1) is 37.1. The van der Waals surface area contributed by atoms with Crippen molar-refractivity contribution in [3.05, 3.63) is 77.5 Å². The van der Waals surface area contributed by atoms with Gasteiger partial charge in [0.05, 0.1) is 0 Å². The molecule has 0 bridgehead atoms. The molecule has 7 rings (SSSR count). The van der Waals surface area contributed by atoms with Crippen LogP contribution in [-0.2, 0) is 24.4 Å². The van der Waals surface area contributed by atoms with E-state index in [2.05, 4.69) is 25.3 Å². The molecule has 5 atom stereocenters. The normalized spacial score (nSPS) is 27.2. The van der Waals surface area contributed by atoms with Gasteiger partial charge in [0.15, 0.2) is 0 Å². The van der Waals surface area contributed by atoms with Gasteiger partial charge in [-0.15, -0.1) is 0 Å². The SMILES string of the molecule is Cc1nc2ccc(F)cc2nc1O[C@@H]1C[C@H]2C(=O)N[C@]3(C(=O)NS(=O)(=O)C4CC4)[I-]C3/C=C\CCCCC[C@H](NC(=O)c3ccccc3F)C(=O)N2C1. The van der Waals surface area contributed by atoms with E-state index in [-0.39, 0.29) is 40.3 Å². The van der Waals surface area contributed by atoms with Gasteiger partial charge in [-0.25, -0.2) is 4.39 Å². The Hall–Kier alpha value is -4.26. The number of hydrogen-bond acceptors (Lipinski definition) is 9. The van der Waals surface area contributed by atoms with Crippen molar-refractivity contribution in [2.75, 3.05) is 6.54 Å². The van der Waals surface area contributed by atoms with Crippen molar-refractivity contribution < 1.29 is 62.3 Å². The number of hydrogen-bond donors (Lipinski definition) is 3. The van der Waals surface area contributed by atoms with Crippen molar-refractivity contribution in [3.63, 3.8) is 0 Å². The van der Waals surface area contributed by atoms with Gasteiger partial charge in [-0.3, -0.25) is 0 Å². The number of rotatable bonds is 7. The van der Waals surface area contributed by atoms with Crippen molar-refractivity contribution in [1.29, 1.82) is 0 Å². The van der Waals surface area contributed by atoms with Crippen LogP contribution in [0.1, 0.15) is 67.4 Å². The summed E-state index contributed by atoms with van der Waals surface area (Å²) in [5.41, 5.74) is 0.845. The van der Waals surface area contributed by atoms with E-state index in [1.165, 1.54) is 41.3 Å². The van der Waals surface area contributed by atoms with E-state index in [9.17, 15) is 36.4 Å². The van der Waals surface area contributed by atoms with E-state index in [0.29, 0.717) is 43.3 Å². The van der Waals surface area contributed by atoms with Gasteiger partial charge in [-0.1, -0.05) is 6.07 Å². The first-order chi connectivity index (χ1) is 25.3. The van der Waals surface area contributed by atoms with E-state index < -0.39 is 93.5 Å². The molecular formula is C36H38F2IN6O7S-. The van der Waals surface area contributed by atoms with Crippen molar-refractivity contribution in [2.45, 2.75) is 89.2 Å². The molecule has 2 aromatic carbocycles. The van der Waals surface area contributed by atoms with Crippen LogP contribution in [0.5, 0.6) is 5.88 Å². The zero-order valence-corrected chi connectivity index (χ0v) is 31.7. The van der Waals surface area contributed by atoms with Gasteiger partial charge in [0.1, 0.15) is 0 Å². The Balaban J connectivity index is 1.20. The maximum atomic E-state index is 14.6. The Morgan fingerprint density at radius 2 is 1.83 bits per heavy atom. The van der Waals surface area contributed by atoms with Crippen LogP contribution in [0.4, 0.5) is 8.78 Å². The fourth-order valence-corrected chi connectivity index (χ4v) is 11.1. The Labute approximate surface area is 315 Å². The molecule has 3 aromatic rings. The zero-order chi connectivity index (χ0) is 37.5. The number of nitrogens with zero attached hydrogens (tertiary/aromatic N) is 3. The monoisotopic (exact) mass is 863 g/mol. The number of carbonyl (C=O) groups is 4. The van der Waals surface area contributed by atoms with Crippen LogP contribution in [0.2, 0.25) is 0 Å². The molecule has 4 aliphatic rings. The van der Waals surface area contributed by atoms with Crippen molar-refractivity contribution >= 4 is 44.7 Å². The molecule has 17 heteroatoms. The van der Waals surface area contributed by atoms with E-state index in [0.717, 1.165) is 12.5 Å². The van der Waals surface area contributed by atoms with Crippen LogP contribution in [0, 0.1) is 18.6 Å². The molecule has 1 aromatic heterocycles. The summed E-state index contributed by atoms with van der Waals surface area (Å²) in [4.78, 5) is 65.9. The summed E-state index contributed by atoms with van der Waals surface area (Å²) in [7, 11) is -3.91. The van der Waals surface area contributed by atoms with E-state index in [1.54, 1.807) is 6.92 Å². The fourth-order valence-electron chi connectivity index (χ4n) is 6.66. The molecule has 13 nitrogen and oxygen atoms in total. The van der Waals surface area contributed by atoms with Crippen LogP contribution in [0.15, 0.2) is 54.6 Å². The minimum absolute atomic E-state index is 0.0508. The van der Waals surface area contributed by atoms with E-state index >= 15 is 0 Å². The first-order valence-electron chi connectivity index (χ1n) is 17.5. The topological polar surface area (TPSA) is 177 Å². The van der Waals surface area contributed by atoms with E-state index in [4.69, 9.17) is 4.74 Å². The van der Waals surface area contributed by atoms with Gasteiger partial charge in [-0.05, 0) is 6.07 Å². The summed E-state index contributed by atoms with van der Waals surface area (Å²) in [5, 5.41) is 4.89. The first-order valence-corrected chi connectivity index (χ1v) is 21.4. The van der Waals surface area contributed by atoms with Crippen molar-refractivity contribution in [3.8, 4) is 5.88 Å². The third-order valence-corrected chi connectivity index (χ3v) is 15.3. The van der Waals surface area contributed by atoms with Gasteiger partial charge < -0.3 is 0 Å². The number of fused-ring (bicyclic) bond motifs is 3. The number of sulfonamides is 1. The van der Waals surface area contributed by atoms with E-state index in [1.807, 2.05) is 12.2 Å². The quantitative estimate of drug-likeness (QED) is 0.126. The number of amides is 4. The molecule has 0 radical (unpaired) electrons. The molecule has 4 amide bonds. The minimum atomic E-state index is -3.91. The number of benzene rings is 2. The Morgan fingerprint density at radius 1 is 1.04 bits per heavy atom. The second-order valence-corrected chi connectivity index (χ2v) is 19.3. The predicted octanol–water partition coefficient (Wildman–Crippen LogP) is -0.224. The second kappa shape index (κ2) is 14.9. The molecule has 1 aliphatic carbocycles. The molecule has 282 valence electrons. The Morgan fingerprint density at radius 3 is 2.60 bits per heavy atom. The number of alkyl halides is 2. The molecule has 0 spiro atoms. The molecule has 53 heavy (non-hydrogen) atoms. The molecular weight excluding hydrogens is 825 g/mol. The molecule has 1 saturated carbocycles. The number of aryl methyl sites for hydroxylation is 1. The predicted molar refractivity (Wildman–Crippen MR) is 183 cm³/mol. The average molecular weight is 864 g/mol. The molecule has 4 heterocycles. The third kappa shape index (κ3) is 8.00. The van der Waals surface area contributed by atoms with Gasteiger partial charge in [-0.2, -0.15) is 0 Å². The van der Waals surface area contributed by atoms with Gasteiger partial charge in [0.2, 0.25) is 0 Å². The number of allylic oxidation sites excluding steroid dienone is 1. The molecule has 1 unspecified atom stereocenters. The van der Waals surface area contributed by atoms with Gasteiger partial charge >= 0.3 is 300 Å². The summed E-state index contributed by atoms with van der Waals surface area (Å²) in [6.45, 7) is 1.53. The molecule has 3 aliphatic heterocycles. The molecule has 2 saturated heterocycles. The van der Waals surface area contributed by atoms with Crippen molar-refractivity contribution in [1.82, 2.24) is 30.2 Å². The summed E-state index contributed by atoms with van der Waals surface area (Å²) >= 11 is -1.06. The number of halogens is 3. The summed E-state index contributed by atoms with van der Waals surface area (Å²) < 4.78 is 60.9. The van der Waals surface area contributed by atoms with Gasteiger partial charge in [0.25, 0.3) is 0 Å². The second-order valence-electron chi connectivity index (χ2n) is 13.7. The third-order valence-electron chi connectivity index (χ3n) is 9.73. The van der Waals surface area contributed by atoms with Crippen LogP contribution >= 0.6 is 0 Å². The molecule has 3 fully saturated rings. The molecule has 3 N–H and O–H groups in total. The summed E-state index contributed by atoms with van der Waals surface area (Å²) in [6.07, 6.45) is 6.65. The van der Waals surface area contributed by atoms with Crippen LogP contribution in [-0.4, -0.2) is 84.4 Å². The Bertz CT molecular complexity index is 2120. The standard InChI is InChI=1S/C36H38F2IN6O7S/c1-20-33(42-28-17-21(37)13-16-26(28)40-20)52-22-18-29-32(47)43-36(35(49)44-53(50,51)23-14-15-23)30(39-36)12-6-4-2-3-5-11-27(34(48)45(29)19-22)41-31(46)24-9-7-8-10-25(24)38/h6-10,12-13,16-17,22-23,27,29-30H,2-5,11,14-15,18-19H2,1H3,(H,41,46)(H,43,47)(H,44,49)/q-1/b12-6-/t22-,27+,29+,30?,36-/m1/s1. The number of ether oxygens (including phenoxy) is 1. The van der Waals surface area contributed by atoms with Crippen LogP contribution < -0.4 is 41.3 Å². The average Bonchev–Trinajstić information content (AvgIpc) is 4.04. The van der Waals surface area contributed by atoms with Crippen LogP contribution in [0.25, 0.3) is 11.0 Å². The number of carbonyl (C=O) groups excluding carboxylic acids is 4. The Kier molecular flexibility index (Phi) is 10.4. The number of aromatic nitrogens is 2. The maximum absolute atomic E-state index is 14.6. The summed E-state index contributed by atoms with van der Waals surface area (Å²) in [6, 6.07) is 7.05. The number of nitrogens with one attached hydrogen (secondary N) is 3. The summed E-state index contributed by atoms with van der Waals surface area (Å²) in [5.74, 6) is -4.06. The van der Waals surface area contributed by atoms with Crippen molar-refractivity contribution in [2.24, 2.45) is 0 Å². The fraction of sp³-hybridized carbons (Fsp3) is 0.444. The van der Waals surface area contributed by atoms with Gasteiger partial charge in [0, 0.05) is 0 Å². The van der Waals surface area contributed by atoms with Crippen LogP contribution in [0.3, 0.4) is 0 Å².